The molecule has 0 spiro atoms. The van der Waals surface area contributed by atoms with E-state index in [1.807, 2.05) is 0 Å². The Kier molecular flexibility index (Phi) is 6.08. The van der Waals surface area contributed by atoms with Crippen molar-refractivity contribution in [1.29, 1.82) is 0 Å². The molecular formula is C20H18N2O7. The Bertz CT molecular complexity index is 971. The molecule has 0 radical (unpaired) electrons. The fraction of sp³-hybridized carbons (Fsp3) is 0.200. The molecule has 1 heterocycles. The Hall–Kier alpha value is -3.88. The third kappa shape index (κ3) is 5.10. The van der Waals surface area contributed by atoms with E-state index in [2.05, 4.69) is 5.32 Å². The maximum atomic E-state index is 12.0. The zero-order chi connectivity index (χ0) is 20.8. The minimum absolute atomic E-state index is 0.133. The number of carbonyl (C=O) groups is 2. The third-order valence-corrected chi connectivity index (χ3v) is 4.15. The van der Waals surface area contributed by atoms with Crippen LogP contribution >= 0.6 is 0 Å². The molecule has 0 aliphatic carbocycles. The van der Waals surface area contributed by atoms with Crippen molar-refractivity contribution in [3.8, 4) is 11.5 Å². The second kappa shape index (κ2) is 8.87. The van der Waals surface area contributed by atoms with E-state index < -0.39 is 23.4 Å². The van der Waals surface area contributed by atoms with Crippen molar-refractivity contribution in [2.24, 2.45) is 0 Å². The lowest BCUT2D eigenvalue weighted by Crippen LogP contribution is -2.30. The fourth-order valence-electron chi connectivity index (χ4n) is 2.69. The molecule has 9 heteroatoms. The average Bonchev–Trinajstić information content (AvgIpc) is 3.18. The summed E-state index contributed by atoms with van der Waals surface area (Å²) in [6.45, 7) is 1.47. The number of carbonyl (C=O) groups excluding carboxylic acids is 2. The van der Waals surface area contributed by atoms with E-state index in [-0.39, 0.29) is 24.1 Å². The van der Waals surface area contributed by atoms with E-state index in [0.717, 1.165) is 11.6 Å². The molecule has 3 rings (SSSR count). The maximum absolute atomic E-state index is 12.0. The smallest absolute Gasteiger partial charge is 0.331 e. The molecule has 1 amide bonds. The van der Waals surface area contributed by atoms with Crippen molar-refractivity contribution >= 4 is 23.6 Å². The summed E-state index contributed by atoms with van der Waals surface area (Å²) in [7, 11) is 0. The van der Waals surface area contributed by atoms with Gasteiger partial charge in [0.25, 0.3) is 11.6 Å². The van der Waals surface area contributed by atoms with Crippen LogP contribution in [0.5, 0.6) is 11.5 Å². The standard InChI is InChI=1S/C20H18N2O7/c1-13(15-6-8-17-18(10-15)29-12-28-17)21-19(23)11-27-20(24)9-7-14-4-2-3-5-16(14)22(25)26/h2-10,13H,11-12H2,1H3,(H,21,23)/b9-7+/t13-/m1/s1. The number of rotatable bonds is 7. The summed E-state index contributed by atoms with van der Waals surface area (Å²) in [5, 5.41) is 13.7. The highest BCUT2D eigenvalue weighted by Gasteiger charge is 2.17. The summed E-state index contributed by atoms with van der Waals surface area (Å²) in [6, 6.07) is 11.0. The summed E-state index contributed by atoms with van der Waals surface area (Å²) < 4.78 is 15.4. The number of para-hydroxylation sites is 1. The van der Waals surface area contributed by atoms with Gasteiger partial charge in [0.2, 0.25) is 6.79 Å². The average molecular weight is 398 g/mol. The number of nitro benzene ring substituents is 1. The van der Waals surface area contributed by atoms with Gasteiger partial charge < -0.3 is 19.5 Å². The minimum atomic E-state index is -0.783. The number of fused-ring (bicyclic) bond motifs is 1. The number of esters is 1. The molecule has 0 unspecified atom stereocenters. The van der Waals surface area contributed by atoms with E-state index >= 15 is 0 Å². The lowest BCUT2D eigenvalue weighted by Gasteiger charge is -2.14. The van der Waals surface area contributed by atoms with E-state index in [1.165, 1.54) is 24.3 Å². The number of benzene rings is 2. The highest BCUT2D eigenvalue weighted by Crippen LogP contribution is 2.34. The number of nitrogens with one attached hydrogen (secondary N) is 1. The largest absolute Gasteiger partial charge is 0.454 e. The van der Waals surface area contributed by atoms with Gasteiger partial charge in [-0.3, -0.25) is 14.9 Å². The van der Waals surface area contributed by atoms with Crippen LogP contribution in [-0.2, 0) is 14.3 Å². The highest BCUT2D eigenvalue weighted by atomic mass is 16.7. The number of ether oxygens (including phenoxy) is 3. The molecule has 0 saturated carbocycles. The molecule has 0 saturated heterocycles. The Morgan fingerprint density at radius 1 is 1.24 bits per heavy atom. The zero-order valence-corrected chi connectivity index (χ0v) is 15.5. The number of hydrogen-bond donors (Lipinski definition) is 1. The number of nitro groups is 1. The molecule has 1 aliphatic rings. The number of amides is 1. The molecular weight excluding hydrogens is 380 g/mol. The summed E-state index contributed by atoms with van der Waals surface area (Å²) >= 11 is 0. The minimum Gasteiger partial charge on any atom is -0.454 e. The molecule has 2 aromatic rings. The second-order valence-electron chi connectivity index (χ2n) is 6.16. The van der Waals surface area contributed by atoms with Crippen LogP contribution in [0.4, 0.5) is 5.69 Å². The molecule has 0 aromatic heterocycles. The molecule has 1 atom stereocenters. The summed E-state index contributed by atoms with van der Waals surface area (Å²) in [4.78, 5) is 34.2. The van der Waals surface area contributed by atoms with Gasteiger partial charge in [-0.25, -0.2) is 4.79 Å². The fourth-order valence-corrected chi connectivity index (χ4v) is 2.69. The van der Waals surface area contributed by atoms with Gasteiger partial charge in [-0.05, 0) is 36.8 Å². The van der Waals surface area contributed by atoms with Crippen LogP contribution in [0.2, 0.25) is 0 Å². The SMILES string of the molecule is C[C@@H](NC(=O)COC(=O)/C=C/c1ccccc1[N+](=O)[O-])c1ccc2c(c1)OCO2. The first-order chi connectivity index (χ1) is 13.9. The van der Waals surface area contributed by atoms with Crippen molar-refractivity contribution in [3.63, 3.8) is 0 Å². The van der Waals surface area contributed by atoms with Gasteiger partial charge >= 0.3 is 5.97 Å². The predicted octanol–water partition coefficient (Wildman–Crippen LogP) is 2.76. The first kappa shape index (κ1) is 19.9. The Labute approximate surface area is 166 Å². The van der Waals surface area contributed by atoms with E-state index in [0.29, 0.717) is 11.5 Å². The molecule has 9 nitrogen and oxygen atoms in total. The van der Waals surface area contributed by atoms with Gasteiger partial charge in [-0.2, -0.15) is 0 Å². The van der Waals surface area contributed by atoms with Crippen LogP contribution < -0.4 is 14.8 Å². The van der Waals surface area contributed by atoms with Crippen molar-refractivity contribution in [2.75, 3.05) is 13.4 Å². The quantitative estimate of drug-likeness (QED) is 0.330. The maximum Gasteiger partial charge on any atom is 0.331 e. The Morgan fingerprint density at radius 3 is 2.79 bits per heavy atom. The van der Waals surface area contributed by atoms with Crippen molar-refractivity contribution in [1.82, 2.24) is 5.32 Å². The van der Waals surface area contributed by atoms with E-state index in [9.17, 15) is 19.7 Å². The Morgan fingerprint density at radius 2 is 2.00 bits per heavy atom. The van der Waals surface area contributed by atoms with Crippen molar-refractivity contribution in [3.05, 3.63) is 69.8 Å². The predicted molar refractivity (Wildman–Crippen MR) is 102 cm³/mol. The number of nitrogens with zero attached hydrogens (tertiary/aromatic N) is 1. The first-order valence-corrected chi connectivity index (χ1v) is 8.71. The molecule has 1 aliphatic heterocycles. The summed E-state index contributed by atoms with van der Waals surface area (Å²) in [6.07, 6.45) is 2.31. The van der Waals surface area contributed by atoms with Gasteiger partial charge in [0.1, 0.15) is 0 Å². The first-order valence-electron chi connectivity index (χ1n) is 8.71. The lowest BCUT2D eigenvalue weighted by molar-refractivity contribution is -0.385. The Balaban J connectivity index is 1.50. The molecule has 29 heavy (non-hydrogen) atoms. The lowest BCUT2D eigenvalue weighted by atomic mass is 10.1. The molecule has 0 bridgehead atoms. The van der Waals surface area contributed by atoms with Crippen molar-refractivity contribution < 1.29 is 28.7 Å². The van der Waals surface area contributed by atoms with E-state index in [4.69, 9.17) is 14.2 Å². The van der Waals surface area contributed by atoms with E-state index in [1.54, 1.807) is 31.2 Å². The van der Waals surface area contributed by atoms with Crippen LogP contribution in [0.3, 0.4) is 0 Å². The van der Waals surface area contributed by atoms with Crippen LogP contribution in [0.15, 0.2) is 48.5 Å². The number of hydrogen-bond acceptors (Lipinski definition) is 7. The summed E-state index contributed by atoms with van der Waals surface area (Å²) in [5.74, 6) is -0.0153. The van der Waals surface area contributed by atoms with Crippen LogP contribution in [0, 0.1) is 10.1 Å². The van der Waals surface area contributed by atoms with Gasteiger partial charge in [-0.15, -0.1) is 0 Å². The van der Waals surface area contributed by atoms with Gasteiger partial charge in [0.15, 0.2) is 18.1 Å². The van der Waals surface area contributed by atoms with Gasteiger partial charge in [0.05, 0.1) is 16.5 Å². The van der Waals surface area contributed by atoms with Crippen LogP contribution in [0.1, 0.15) is 24.1 Å². The monoisotopic (exact) mass is 398 g/mol. The topological polar surface area (TPSA) is 117 Å². The molecule has 2 aromatic carbocycles. The van der Waals surface area contributed by atoms with Crippen molar-refractivity contribution in [2.45, 2.75) is 13.0 Å². The molecule has 150 valence electrons. The highest BCUT2D eigenvalue weighted by molar-refractivity contribution is 5.90. The van der Waals surface area contributed by atoms with Crippen LogP contribution in [-0.4, -0.2) is 30.2 Å². The third-order valence-electron chi connectivity index (χ3n) is 4.15. The zero-order valence-electron chi connectivity index (χ0n) is 15.5. The van der Waals surface area contributed by atoms with Gasteiger partial charge in [-0.1, -0.05) is 18.2 Å². The normalized spacial score (nSPS) is 13.1. The molecule has 0 fully saturated rings. The summed E-state index contributed by atoms with van der Waals surface area (Å²) in [5.41, 5.74) is 0.937. The molecule has 1 N–H and O–H groups in total. The second-order valence-corrected chi connectivity index (χ2v) is 6.16. The van der Waals surface area contributed by atoms with Gasteiger partial charge in [0, 0.05) is 12.1 Å². The van der Waals surface area contributed by atoms with Crippen LogP contribution in [0.25, 0.3) is 6.08 Å².